The van der Waals surface area contributed by atoms with Crippen LogP contribution in [0.3, 0.4) is 0 Å². The lowest BCUT2D eigenvalue weighted by Gasteiger charge is -2.01. The zero-order valence-electron chi connectivity index (χ0n) is 7.44. The first kappa shape index (κ1) is 8.29. The maximum absolute atomic E-state index is 9.67. The molecule has 1 fully saturated rings. The lowest BCUT2D eigenvalue weighted by molar-refractivity contribution is 0.404. The van der Waals surface area contributed by atoms with Crippen LogP contribution in [0.4, 0.5) is 0 Å². The van der Waals surface area contributed by atoms with Crippen molar-refractivity contribution in [2.24, 2.45) is 0 Å². The highest BCUT2D eigenvalue weighted by molar-refractivity contribution is 9.10. The van der Waals surface area contributed by atoms with Crippen LogP contribution >= 0.6 is 15.9 Å². The summed E-state index contributed by atoms with van der Waals surface area (Å²) in [4.78, 5) is 4.12. The minimum atomic E-state index is 0.139. The molecule has 1 heterocycles. The average molecular weight is 253 g/mol. The lowest BCUT2D eigenvalue weighted by atomic mass is 10.3. The van der Waals surface area contributed by atoms with Crippen molar-refractivity contribution in [3.63, 3.8) is 0 Å². The number of imidazole rings is 1. The zero-order valence-corrected chi connectivity index (χ0v) is 9.03. The Kier molecular flexibility index (Phi) is 1.62. The number of hydrogen-bond donors (Lipinski definition) is 1. The summed E-state index contributed by atoms with van der Waals surface area (Å²) in [5.74, 6) is 0. The van der Waals surface area contributed by atoms with Crippen molar-refractivity contribution >= 4 is 27.0 Å². The minimum Gasteiger partial charge on any atom is -0.480 e. The number of aromatic nitrogens is 2. The molecule has 0 saturated heterocycles. The Morgan fingerprint density at radius 1 is 1.43 bits per heavy atom. The summed E-state index contributed by atoms with van der Waals surface area (Å²) in [6.45, 7) is 0. The molecule has 1 aromatic carbocycles. The van der Waals surface area contributed by atoms with E-state index in [1.165, 1.54) is 0 Å². The maximum atomic E-state index is 9.67. The van der Waals surface area contributed by atoms with E-state index in [0.29, 0.717) is 6.04 Å². The van der Waals surface area contributed by atoms with Gasteiger partial charge in [0.05, 0.1) is 11.0 Å². The Bertz CT molecular complexity index is 502. The van der Waals surface area contributed by atoms with E-state index in [-0.39, 0.29) is 6.01 Å². The number of benzene rings is 1. The van der Waals surface area contributed by atoms with Crippen molar-refractivity contribution in [2.45, 2.75) is 18.9 Å². The predicted octanol–water partition coefficient (Wildman–Crippen LogP) is 2.84. The van der Waals surface area contributed by atoms with Crippen LogP contribution in [0.1, 0.15) is 18.9 Å². The summed E-state index contributed by atoms with van der Waals surface area (Å²) in [6.07, 6.45) is 2.30. The fourth-order valence-electron chi connectivity index (χ4n) is 1.75. The Balaban J connectivity index is 2.32. The Hall–Kier alpha value is -1.03. The third kappa shape index (κ3) is 1.14. The SMILES string of the molecule is Oc1nc2cc(Br)ccc2n1C1CC1. The summed E-state index contributed by atoms with van der Waals surface area (Å²) in [5, 5.41) is 9.67. The molecule has 4 heteroatoms. The topological polar surface area (TPSA) is 38.1 Å². The van der Waals surface area contributed by atoms with Gasteiger partial charge in [0.25, 0.3) is 6.01 Å². The molecule has 1 N–H and O–H groups in total. The highest BCUT2D eigenvalue weighted by Crippen LogP contribution is 2.40. The third-order valence-corrected chi connectivity index (χ3v) is 3.04. The van der Waals surface area contributed by atoms with Gasteiger partial charge >= 0.3 is 0 Å². The van der Waals surface area contributed by atoms with Gasteiger partial charge in [0, 0.05) is 10.5 Å². The van der Waals surface area contributed by atoms with E-state index in [0.717, 1.165) is 28.3 Å². The molecule has 1 aliphatic carbocycles. The fraction of sp³-hybridized carbons (Fsp3) is 0.300. The van der Waals surface area contributed by atoms with Gasteiger partial charge in [-0.25, -0.2) is 0 Å². The Labute approximate surface area is 89.5 Å². The molecule has 0 bridgehead atoms. The van der Waals surface area contributed by atoms with Crippen molar-refractivity contribution in [3.05, 3.63) is 22.7 Å². The van der Waals surface area contributed by atoms with Crippen LogP contribution in [0.25, 0.3) is 11.0 Å². The molecule has 72 valence electrons. The molecule has 1 saturated carbocycles. The largest absolute Gasteiger partial charge is 0.480 e. The first-order valence-corrected chi connectivity index (χ1v) is 5.41. The van der Waals surface area contributed by atoms with E-state index in [4.69, 9.17) is 0 Å². The van der Waals surface area contributed by atoms with Gasteiger partial charge < -0.3 is 5.11 Å². The van der Waals surface area contributed by atoms with Crippen LogP contribution in [-0.2, 0) is 0 Å². The summed E-state index contributed by atoms with van der Waals surface area (Å²) in [6, 6.07) is 6.49. The summed E-state index contributed by atoms with van der Waals surface area (Å²) in [7, 11) is 0. The van der Waals surface area contributed by atoms with Crippen LogP contribution < -0.4 is 0 Å². The van der Waals surface area contributed by atoms with Crippen molar-refractivity contribution in [2.75, 3.05) is 0 Å². The van der Waals surface area contributed by atoms with Crippen LogP contribution in [0.5, 0.6) is 6.01 Å². The first-order valence-electron chi connectivity index (χ1n) is 4.62. The standard InChI is InChI=1S/C10H9BrN2O/c11-6-1-4-9-8(5-6)12-10(14)13(9)7-2-3-7/h1,4-5,7H,2-3H2,(H,12,14). The monoisotopic (exact) mass is 252 g/mol. The zero-order chi connectivity index (χ0) is 9.71. The number of rotatable bonds is 1. The lowest BCUT2D eigenvalue weighted by Crippen LogP contribution is -1.91. The van der Waals surface area contributed by atoms with Gasteiger partial charge in [0.1, 0.15) is 0 Å². The summed E-state index contributed by atoms with van der Waals surface area (Å²) < 4.78 is 2.91. The Morgan fingerprint density at radius 3 is 2.93 bits per heavy atom. The molecule has 14 heavy (non-hydrogen) atoms. The van der Waals surface area contributed by atoms with Gasteiger partial charge in [-0.15, -0.1) is 0 Å². The normalized spacial score (nSPS) is 16.4. The van der Waals surface area contributed by atoms with Gasteiger partial charge in [-0.05, 0) is 31.0 Å². The molecule has 3 rings (SSSR count). The van der Waals surface area contributed by atoms with Crippen molar-refractivity contribution in [3.8, 4) is 6.01 Å². The molecule has 3 nitrogen and oxygen atoms in total. The first-order chi connectivity index (χ1) is 6.75. The smallest absolute Gasteiger partial charge is 0.295 e. The third-order valence-electron chi connectivity index (χ3n) is 2.54. The van der Waals surface area contributed by atoms with Gasteiger partial charge in [-0.2, -0.15) is 4.98 Å². The molecule has 0 unspecified atom stereocenters. The van der Waals surface area contributed by atoms with Crippen molar-refractivity contribution in [1.29, 1.82) is 0 Å². The van der Waals surface area contributed by atoms with Crippen LogP contribution in [0.15, 0.2) is 22.7 Å². The van der Waals surface area contributed by atoms with Crippen LogP contribution in [0, 0.1) is 0 Å². The molecule has 0 atom stereocenters. The highest BCUT2D eigenvalue weighted by Gasteiger charge is 2.28. The average Bonchev–Trinajstić information content (AvgIpc) is 2.89. The van der Waals surface area contributed by atoms with Gasteiger partial charge in [0.2, 0.25) is 0 Å². The second kappa shape index (κ2) is 2.73. The molecular weight excluding hydrogens is 244 g/mol. The van der Waals surface area contributed by atoms with E-state index in [1.54, 1.807) is 0 Å². The quantitative estimate of drug-likeness (QED) is 0.848. The summed E-state index contributed by atoms with van der Waals surface area (Å²) >= 11 is 3.39. The molecule has 0 aliphatic heterocycles. The van der Waals surface area contributed by atoms with Crippen molar-refractivity contribution < 1.29 is 5.11 Å². The maximum Gasteiger partial charge on any atom is 0.295 e. The number of aromatic hydroxyl groups is 1. The van der Waals surface area contributed by atoms with E-state index >= 15 is 0 Å². The summed E-state index contributed by atoms with van der Waals surface area (Å²) in [5.41, 5.74) is 1.87. The van der Waals surface area contributed by atoms with E-state index in [9.17, 15) is 5.11 Å². The van der Waals surface area contributed by atoms with Crippen LogP contribution in [-0.4, -0.2) is 14.7 Å². The van der Waals surface area contributed by atoms with Gasteiger partial charge in [0.15, 0.2) is 0 Å². The molecule has 0 radical (unpaired) electrons. The molecule has 1 aliphatic rings. The van der Waals surface area contributed by atoms with E-state index in [2.05, 4.69) is 20.9 Å². The molecule has 0 amide bonds. The fourth-order valence-corrected chi connectivity index (χ4v) is 2.10. The second-order valence-corrected chi connectivity index (χ2v) is 4.56. The highest BCUT2D eigenvalue weighted by atomic mass is 79.9. The number of halogens is 1. The van der Waals surface area contributed by atoms with Gasteiger partial charge in [-0.1, -0.05) is 15.9 Å². The van der Waals surface area contributed by atoms with E-state index < -0.39 is 0 Å². The molecular formula is C10H9BrN2O. The second-order valence-electron chi connectivity index (χ2n) is 3.65. The molecule has 1 aromatic heterocycles. The Morgan fingerprint density at radius 2 is 2.21 bits per heavy atom. The molecule has 2 aromatic rings. The number of hydrogen-bond acceptors (Lipinski definition) is 2. The van der Waals surface area contributed by atoms with Crippen LogP contribution in [0.2, 0.25) is 0 Å². The number of fused-ring (bicyclic) bond motifs is 1. The predicted molar refractivity (Wildman–Crippen MR) is 57.4 cm³/mol. The molecule has 0 spiro atoms. The van der Waals surface area contributed by atoms with Crippen molar-refractivity contribution in [1.82, 2.24) is 9.55 Å². The van der Waals surface area contributed by atoms with Gasteiger partial charge in [-0.3, -0.25) is 4.57 Å². The minimum absolute atomic E-state index is 0.139. The van der Waals surface area contributed by atoms with E-state index in [1.807, 2.05) is 22.8 Å². The number of nitrogens with zero attached hydrogens (tertiary/aromatic N) is 2.